The molecule has 12 heteroatoms. The van der Waals surface area contributed by atoms with Gasteiger partial charge in [-0.15, -0.1) is 0 Å². The lowest BCUT2D eigenvalue weighted by Crippen LogP contribution is -2.44. The number of nitrogens with two attached hydrogens (primary N) is 1. The molecule has 0 spiro atoms. The predicted octanol–water partition coefficient (Wildman–Crippen LogP) is 0.122. The lowest BCUT2D eigenvalue weighted by Gasteiger charge is -2.28. The third-order valence-corrected chi connectivity index (χ3v) is 3.56. The van der Waals surface area contributed by atoms with Crippen LogP contribution >= 0.6 is 0 Å². The van der Waals surface area contributed by atoms with Crippen LogP contribution in [0.25, 0.3) is 0 Å². The first-order valence-corrected chi connectivity index (χ1v) is 7.45. The summed E-state index contributed by atoms with van der Waals surface area (Å²) in [5, 5.41) is 36.5. The number of fused-ring (bicyclic) bond motifs is 1. The van der Waals surface area contributed by atoms with Crippen molar-refractivity contribution in [1.82, 2.24) is 10.9 Å². The number of aliphatic imine (C=N–C) groups is 1. The van der Waals surface area contributed by atoms with Crippen LogP contribution in [0.1, 0.15) is 11.9 Å². The summed E-state index contributed by atoms with van der Waals surface area (Å²) in [6.07, 6.45) is -0.148. The zero-order valence-electron chi connectivity index (χ0n) is 13.5. The second-order valence-electron chi connectivity index (χ2n) is 5.32. The molecular formula is C15H13N6O6-. The van der Waals surface area contributed by atoms with Crippen LogP contribution in [0.2, 0.25) is 0 Å². The largest absolute Gasteiger partial charge is 0.857 e. The molecule has 0 aliphatic carbocycles. The normalized spacial score (nSPS) is 15.7. The van der Waals surface area contributed by atoms with Crippen LogP contribution < -0.4 is 27.0 Å². The van der Waals surface area contributed by atoms with E-state index in [1.165, 1.54) is 30.5 Å². The summed E-state index contributed by atoms with van der Waals surface area (Å²) in [7, 11) is 0. The highest BCUT2D eigenvalue weighted by Gasteiger charge is 2.24. The fourth-order valence-corrected chi connectivity index (χ4v) is 2.35. The van der Waals surface area contributed by atoms with Crippen LogP contribution in [0.3, 0.4) is 0 Å². The van der Waals surface area contributed by atoms with Gasteiger partial charge in [0.15, 0.2) is 6.10 Å². The number of carbonyl (C=O) groups is 1. The van der Waals surface area contributed by atoms with Gasteiger partial charge in [-0.1, -0.05) is 0 Å². The number of anilines is 1. The Morgan fingerprint density at radius 2 is 2.15 bits per heavy atom. The van der Waals surface area contributed by atoms with Crippen molar-refractivity contribution in [2.45, 2.75) is 6.10 Å². The van der Waals surface area contributed by atoms with Crippen molar-refractivity contribution in [3.05, 3.63) is 63.9 Å². The molecule has 1 aliphatic heterocycles. The molecule has 12 nitrogen and oxygen atoms in total. The number of amides is 2. The Kier molecular flexibility index (Phi) is 4.64. The number of non-ortho nitro benzene ring substituents is 1. The number of hydrogen-bond acceptors (Lipinski definition) is 9. The molecule has 0 fully saturated rings. The molecule has 140 valence electrons. The summed E-state index contributed by atoms with van der Waals surface area (Å²) in [6.45, 7) is 0. The predicted molar refractivity (Wildman–Crippen MR) is 90.4 cm³/mol. The standard InChI is InChI=1S/C15H14N6O6/c16-15(24)20-19-11(13(22)10-2-1-5-27-10)12-14(23)18-9-6-7(21(25)26)3-4-8(9)17-12/h1-6,13,17,19,22H,(H,18,23)(H3,16,20,24)/p-1. The van der Waals surface area contributed by atoms with E-state index in [0.29, 0.717) is 5.69 Å². The van der Waals surface area contributed by atoms with E-state index in [0.717, 1.165) is 6.07 Å². The van der Waals surface area contributed by atoms with Crippen LogP contribution in [-0.4, -0.2) is 22.0 Å². The molecule has 6 N–H and O–H groups in total. The van der Waals surface area contributed by atoms with Crippen LogP contribution in [0.4, 0.5) is 21.9 Å². The number of benzene rings is 1. The third-order valence-electron chi connectivity index (χ3n) is 3.56. The fourth-order valence-electron chi connectivity index (χ4n) is 2.35. The summed E-state index contributed by atoms with van der Waals surface area (Å²) in [5.41, 5.74) is 9.18. The molecule has 0 saturated carbocycles. The number of rotatable bonds is 5. The number of nitrogens with zero attached hydrogens (tertiary/aromatic N) is 2. The number of nitro benzene ring substituents is 1. The van der Waals surface area contributed by atoms with Crippen molar-refractivity contribution in [1.29, 1.82) is 0 Å². The molecule has 2 amide bonds. The number of hydrogen-bond donors (Lipinski definition) is 5. The van der Waals surface area contributed by atoms with E-state index in [2.05, 4.69) is 21.2 Å². The van der Waals surface area contributed by atoms with Gasteiger partial charge in [0.25, 0.3) is 5.69 Å². The molecule has 3 rings (SSSR count). The lowest BCUT2D eigenvalue weighted by molar-refractivity contribution is -0.384. The van der Waals surface area contributed by atoms with Gasteiger partial charge in [-0.05, 0) is 18.2 Å². The zero-order valence-corrected chi connectivity index (χ0v) is 13.5. The molecular weight excluding hydrogens is 360 g/mol. The Morgan fingerprint density at radius 1 is 1.37 bits per heavy atom. The quantitative estimate of drug-likeness (QED) is 0.360. The van der Waals surface area contributed by atoms with Gasteiger partial charge < -0.3 is 25.7 Å². The number of carbonyl (C=O) groups excluding carboxylic acids is 1. The molecule has 0 radical (unpaired) electrons. The minimum absolute atomic E-state index is 0.0626. The Bertz CT molecular complexity index is 952. The van der Waals surface area contributed by atoms with Crippen LogP contribution in [0.15, 0.2) is 57.4 Å². The molecule has 2 heterocycles. The summed E-state index contributed by atoms with van der Waals surface area (Å²) in [4.78, 5) is 25.0. The van der Waals surface area contributed by atoms with Gasteiger partial charge in [0.2, 0.25) is 0 Å². The smallest absolute Gasteiger partial charge is 0.330 e. The van der Waals surface area contributed by atoms with Gasteiger partial charge in [0.05, 0.1) is 34.0 Å². The van der Waals surface area contributed by atoms with Gasteiger partial charge in [-0.25, -0.2) is 4.79 Å². The highest BCUT2D eigenvalue weighted by molar-refractivity contribution is 6.00. The Morgan fingerprint density at radius 3 is 2.78 bits per heavy atom. The van der Waals surface area contributed by atoms with Crippen molar-refractivity contribution in [2.75, 3.05) is 5.32 Å². The van der Waals surface area contributed by atoms with E-state index in [-0.39, 0.29) is 28.5 Å². The number of furan rings is 1. The molecule has 1 aromatic heterocycles. The fraction of sp³-hybridized carbons (Fsp3) is 0.0667. The van der Waals surface area contributed by atoms with Gasteiger partial charge in [-0.2, -0.15) is 0 Å². The van der Waals surface area contributed by atoms with Crippen molar-refractivity contribution in [3.63, 3.8) is 0 Å². The number of urea groups is 1. The van der Waals surface area contributed by atoms with Crippen LogP contribution in [0.5, 0.6) is 0 Å². The Balaban J connectivity index is 2.04. The highest BCUT2D eigenvalue weighted by atomic mass is 16.6. The molecule has 1 aliphatic rings. The molecule has 1 unspecified atom stereocenters. The molecule has 0 bridgehead atoms. The van der Waals surface area contributed by atoms with Gasteiger partial charge in [0.1, 0.15) is 5.76 Å². The lowest BCUT2D eigenvalue weighted by atomic mass is 10.1. The molecule has 2 aromatic rings. The van der Waals surface area contributed by atoms with E-state index in [9.17, 15) is 25.1 Å². The number of aliphatic hydroxyl groups excluding tert-OH is 1. The first-order valence-electron chi connectivity index (χ1n) is 7.45. The van der Waals surface area contributed by atoms with Crippen molar-refractivity contribution in [2.24, 2.45) is 10.7 Å². The van der Waals surface area contributed by atoms with Crippen molar-refractivity contribution < 1.29 is 24.3 Å². The van der Waals surface area contributed by atoms with Crippen LogP contribution in [-0.2, 0) is 0 Å². The van der Waals surface area contributed by atoms with E-state index in [4.69, 9.17) is 10.2 Å². The maximum atomic E-state index is 12.4. The second-order valence-corrected chi connectivity index (χ2v) is 5.32. The maximum Gasteiger partial charge on any atom is 0.330 e. The molecule has 1 atom stereocenters. The summed E-state index contributed by atoms with van der Waals surface area (Å²) in [5.74, 6) is -0.747. The highest BCUT2D eigenvalue weighted by Crippen LogP contribution is 2.35. The van der Waals surface area contributed by atoms with Crippen molar-refractivity contribution >= 4 is 29.0 Å². The third kappa shape index (κ3) is 3.64. The summed E-state index contributed by atoms with van der Waals surface area (Å²) >= 11 is 0. The number of aliphatic hydroxyl groups is 1. The molecule has 27 heavy (non-hydrogen) atoms. The summed E-state index contributed by atoms with van der Waals surface area (Å²) in [6, 6.07) is 5.75. The monoisotopic (exact) mass is 373 g/mol. The number of nitrogens with one attached hydrogen (secondary N) is 3. The minimum Gasteiger partial charge on any atom is -0.857 e. The molecule has 1 aromatic carbocycles. The van der Waals surface area contributed by atoms with Gasteiger partial charge >= 0.3 is 6.03 Å². The average Bonchev–Trinajstić information content (AvgIpc) is 3.15. The van der Waals surface area contributed by atoms with Crippen molar-refractivity contribution in [3.8, 4) is 0 Å². The average molecular weight is 373 g/mol. The van der Waals surface area contributed by atoms with E-state index >= 15 is 0 Å². The van der Waals surface area contributed by atoms with Gasteiger partial charge in [-0.3, -0.25) is 26.0 Å². The maximum absolute atomic E-state index is 12.4. The second kappa shape index (κ2) is 7.05. The van der Waals surface area contributed by atoms with Crippen LogP contribution in [0, 0.1) is 10.1 Å². The first-order chi connectivity index (χ1) is 12.9. The van der Waals surface area contributed by atoms with E-state index < -0.39 is 23.0 Å². The topological polar surface area (TPSA) is 191 Å². The zero-order chi connectivity index (χ0) is 19.6. The van der Waals surface area contributed by atoms with E-state index in [1.807, 2.05) is 0 Å². The number of nitro groups is 1. The number of primary amides is 1. The SMILES string of the molecule is NC(=O)NNC(=C1Nc2ccc([N+](=O)[O-])cc2N=C1[O-])C(O)c1ccco1. The summed E-state index contributed by atoms with van der Waals surface area (Å²) < 4.78 is 5.11. The minimum atomic E-state index is -1.46. The Labute approximate surface area is 151 Å². The van der Waals surface area contributed by atoms with Gasteiger partial charge in [0, 0.05) is 18.0 Å². The molecule has 0 saturated heterocycles. The van der Waals surface area contributed by atoms with E-state index in [1.54, 1.807) is 0 Å². The first kappa shape index (κ1) is 17.8. The Hall–Kier alpha value is -4.06. The number of hydrazine groups is 1.